The standard InChI is InChI=1S/C10H8ClFO5S/c11-18(14,15)9-6(2-1-3-7(9)12)10(13)17-8-4-5-16-8/h1-3,8H,4-5H2. The van der Waals surface area contributed by atoms with Gasteiger partial charge in [-0.2, -0.15) is 0 Å². The monoisotopic (exact) mass is 294 g/mol. The number of hydrogen-bond acceptors (Lipinski definition) is 5. The van der Waals surface area contributed by atoms with Crippen LogP contribution in [0.5, 0.6) is 0 Å². The predicted octanol–water partition coefficient (Wildman–Crippen LogP) is 1.66. The lowest BCUT2D eigenvalue weighted by atomic mass is 10.2. The number of halogens is 2. The van der Waals surface area contributed by atoms with Crippen molar-refractivity contribution in [2.75, 3.05) is 6.61 Å². The molecule has 1 unspecified atom stereocenters. The van der Waals surface area contributed by atoms with Gasteiger partial charge in [-0.3, -0.25) is 0 Å². The molecule has 1 fully saturated rings. The minimum Gasteiger partial charge on any atom is -0.432 e. The zero-order chi connectivity index (χ0) is 13.3. The first kappa shape index (κ1) is 13.3. The van der Waals surface area contributed by atoms with E-state index < -0.39 is 37.6 Å². The number of hydrogen-bond donors (Lipinski definition) is 0. The van der Waals surface area contributed by atoms with E-state index in [1.165, 1.54) is 6.07 Å². The summed E-state index contributed by atoms with van der Waals surface area (Å²) in [6.07, 6.45) is -0.198. The van der Waals surface area contributed by atoms with Crippen LogP contribution >= 0.6 is 10.7 Å². The molecule has 1 aliphatic heterocycles. The fourth-order valence-electron chi connectivity index (χ4n) is 1.41. The Balaban J connectivity index is 2.37. The van der Waals surface area contributed by atoms with Gasteiger partial charge in [0.15, 0.2) is 0 Å². The van der Waals surface area contributed by atoms with Gasteiger partial charge in [-0.05, 0) is 12.1 Å². The summed E-state index contributed by atoms with van der Waals surface area (Å²) in [6, 6.07) is 3.21. The van der Waals surface area contributed by atoms with Crippen LogP contribution in [0.4, 0.5) is 4.39 Å². The molecule has 5 nitrogen and oxygen atoms in total. The second kappa shape index (κ2) is 4.83. The Morgan fingerprint density at radius 1 is 1.50 bits per heavy atom. The molecule has 1 aromatic carbocycles. The number of esters is 1. The lowest BCUT2D eigenvalue weighted by Gasteiger charge is -2.25. The molecule has 0 amide bonds. The van der Waals surface area contributed by atoms with E-state index in [4.69, 9.17) is 20.2 Å². The van der Waals surface area contributed by atoms with Crippen LogP contribution in [0.2, 0.25) is 0 Å². The summed E-state index contributed by atoms with van der Waals surface area (Å²) in [5.41, 5.74) is -0.444. The fourth-order valence-corrected chi connectivity index (χ4v) is 2.59. The second-order valence-electron chi connectivity index (χ2n) is 3.55. The maximum absolute atomic E-state index is 13.4. The largest absolute Gasteiger partial charge is 0.432 e. The van der Waals surface area contributed by atoms with Crippen LogP contribution < -0.4 is 0 Å². The van der Waals surface area contributed by atoms with E-state index in [2.05, 4.69) is 0 Å². The lowest BCUT2D eigenvalue weighted by Crippen LogP contribution is -2.32. The molecule has 1 atom stereocenters. The van der Waals surface area contributed by atoms with Gasteiger partial charge in [0, 0.05) is 17.1 Å². The summed E-state index contributed by atoms with van der Waals surface area (Å²) in [5, 5.41) is 0. The van der Waals surface area contributed by atoms with Crippen LogP contribution in [0.3, 0.4) is 0 Å². The van der Waals surface area contributed by atoms with Crippen molar-refractivity contribution in [3.8, 4) is 0 Å². The van der Waals surface area contributed by atoms with Gasteiger partial charge in [-0.15, -0.1) is 0 Å². The maximum atomic E-state index is 13.4. The summed E-state index contributed by atoms with van der Waals surface area (Å²) in [7, 11) is 0.713. The van der Waals surface area contributed by atoms with Crippen molar-refractivity contribution in [1.29, 1.82) is 0 Å². The van der Waals surface area contributed by atoms with Crippen LogP contribution in [-0.2, 0) is 18.5 Å². The van der Waals surface area contributed by atoms with Crippen LogP contribution in [0.1, 0.15) is 16.8 Å². The molecule has 98 valence electrons. The number of carbonyl (C=O) groups excluding carboxylic acids is 1. The fraction of sp³-hybridized carbons (Fsp3) is 0.300. The van der Waals surface area contributed by atoms with E-state index in [-0.39, 0.29) is 0 Å². The zero-order valence-electron chi connectivity index (χ0n) is 8.93. The van der Waals surface area contributed by atoms with Crippen molar-refractivity contribution in [2.45, 2.75) is 17.6 Å². The van der Waals surface area contributed by atoms with Crippen molar-refractivity contribution in [1.82, 2.24) is 0 Å². The Kier molecular flexibility index (Phi) is 3.56. The van der Waals surface area contributed by atoms with E-state index in [1.54, 1.807) is 0 Å². The predicted molar refractivity (Wildman–Crippen MR) is 59.2 cm³/mol. The second-order valence-corrected chi connectivity index (χ2v) is 6.05. The average molecular weight is 295 g/mol. The van der Waals surface area contributed by atoms with Crippen LogP contribution in [0, 0.1) is 5.82 Å². The molecule has 0 spiro atoms. The van der Waals surface area contributed by atoms with Gasteiger partial charge in [0.2, 0.25) is 6.29 Å². The summed E-state index contributed by atoms with van der Waals surface area (Å²) in [5.74, 6) is -2.09. The van der Waals surface area contributed by atoms with Gasteiger partial charge >= 0.3 is 5.97 Å². The Hall–Kier alpha value is -1.18. The maximum Gasteiger partial charge on any atom is 0.341 e. The smallest absolute Gasteiger partial charge is 0.341 e. The van der Waals surface area contributed by atoms with E-state index in [1.807, 2.05) is 0 Å². The third-order valence-electron chi connectivity index (χ3n) is 2.33. The quantitative estimate of drug-likeness (QED) is 0.626. The van der Waals surface area contributed by atoms with Crippen molar-refractivity contribution in [2.24, 2.45) is 0 Å². The topological polar surface area (TPSA) is 69.7 Å². The molecular formula is C10H8ClFO5S. The molecule has 1 aliphatic rings. The zero-order valence-corrected chi connectivity index (χ0v) is 10.5. The van der Waals surface area contributed by atoms with Crippen LogP contribution in [-0.4, -0.2) is 27.3 Å². The lowest BCUT2D eigenvalue weighted by molar-refractivity contribution is -0.184. The molecule has 0 radical (unpaired) electrons. The van der Waals surface area contributed by atoms with Gasteiger partial charge in [0.1, 0.15) is 10.7 Å². The molecule has 0 bridgehead atoms. The Morgan fingerprint density at radius 3 is 2.67 bits per heavy atom. The van der Waals surface area contributed by atoms with Crippen molar-refractivity contribution in [3.05, 3.63) is 29.6 Å². The Morgan fingerprint density at radius 2 is 2.17 bits per heavy atom. The van der Waals surface area contributed by atoms with Crippen LogP contribution in [0.25, 0.3) is 0 Å². The molecule has 2 rings (SSSR count). The molecule has 1 aromatic rings. The highest BCUT2D eigenvalue weighted by atomic mass is 35.7. The van der Waals surface area contributed by atoms with Gasteiger partial charge in [-0.1, -0.05) is 6.07 Å². The summed E-state index contributed by atoms with van der Waals surface area (Å²) < 4.78 is 45.6. The SMILES string of the molecule is O=C(OC1CCO1)c1cccc(F)c1S(=O)(=O)Cl. The van der Waals surface area contributed by atoms with Crippen molar-refractivity contribution >= 4 is 25.7 Å². The molecule has 1 heterocycles. The Bertz CT molecular complexity index is 582. The average Bonchev–Trinajstić information content (AvgIpc) is 2.21. The van der Waals surface area contributed by atoms with Crippen molar-refractivity contribution in [3.63, 3.8) is 0 Å². The third kappa shape index (κ3) is 2.63. The van der Waals surface area contributed by atoms with Crippen molar-refractivity contribution < 1.29 is 27.1 Å². The van der Waals surface area contributed by atoms with Gasteiger partial charge in [0.25, 0.3) is 9.05 Å². The summed E-state index contributed by atoms with van der Waals surface area (Å²) >= 11 is 0. The molecule has 0 saturated carbocycles. The Labute approximate surface area is 107 Å². The molecule has 0 aliphatic carbocycles. The molecule has 0 N–H and O–H groups in total. The highest BCUT2D eigenvalue weighted by Crippen LogP contribution is 2.25. The highest BCUT2D eigenvalue weighted by molar-refractivity contribution is 8.13. The van der Waals surface area contributed by atoms with Gasteiger partial charge in [0.05, 0.1) is 12.2 Å². The third-order valence-corrected chi connectivity index (χ3v) is 3.69. The van der Waals surface area contributed by atoms with E-state index in [0.29, 0.717) is 13.0 Å². The molecular weight excluding hydrogens is 287 g/mol. The summed E-state index contributed by atoms with van der Waals surface area (Å²) in [4.78, 5) is 10.8. The molecule has 18 heavy (non-hydrogen) atoms. The van der Waals surface area contributed by atoms with E-state index >= 15 is 0 Å². The first-order valence-corrected chi connectivity index (χ1v) is 7.26. The van der Waals surface area contributed by atoms with Gasteiger partial charge < -0.3 is 9.47 Å². The number of rotatable bonds is 3. The first-order valence-electron chi connectivity index (χ1n) is 4.95. The first-order chi connectivity index (χ1) is 8.39. The number of carbonyl (C=O) groups is 1. The normalized spacial score (nSPS) is 19.1. The van der Waals surface area contributed by atoms with Crippen LogP contribution in [0.15, 0.2) is 23.1 Å². The minimum absolute atomic E-state index is 0.444. The van der Waals surface area contributed by atoms with E-state index in [0.717, 1.165) is 12.1 Å². The number of benzene rings is 1. The van der Waals surface area contributed by atoms with Gasteiger partial charge in [-0.25, -0.2) is 17.6 Å². The molecule has 1 saturated heterocycles. The minimum atomic E-state index is -4.38. The summed E-state index contributed by atoms with van der Waals surface area (Å²) in [6.45, 7) is 0.460. The highest BCUT2D eigenvalue weighted by Gasteiger charge is 2.29. The number of ether oxygens (including phenoxy) is 2. The molecule has 8 heteroatoms. The van der Waals surface area contributed by atoms with E-state index in [9.17, 15) is 17.6 Å². The molecule has 0 aromatic heterocycles.